The predicted molar refractivity (Wildman–Crippen MR) is 84.0 cm³/mol. The summed E-state index contributed by atoms with van der Waals surface area (Å²) in [5.41, 5.74) is -0.391. The van der Waals surface area contributed by atoms with E-state index in [0.717, 1.165) is 25.9 Å². The predicted octanol–water partition coefficient (Wildman–Crippen LogP) is 5.14. The van der Waals surface area contributed by atoms with Gasteiger partial charge in [-0.15, -0.1) is 0 Å². The summed E-state index contributed by atoms with van der Waals surface area (Å²) >= 11 is 0. The first kappa shape index (κ1) is 17.3. The van der Waals surface area contributed by atoms with Crippen LogP contribution in [0.4, 0.5) is 4.79 Å². The number of hydrogen-bond donors (Lipinski definition) is 0. The quantitative estimate of drug-likeness (QED) is 0.616. The van der Waals surface area contributed by atoms with Gasteiger partial charge >= 0.3 is 6.09 Å². The zero-order valence-electron chi connectivity index (χ0n) is 13.7. The summed E-state index contributed by atoms with van der Waals surface area (Å²) in [7, 11) is 0. The van der Waals surface area contributed by atoms with Crippen molar-refractivity contribution in [1.82, 2.24) is 4.90 Å². The van der Waals surface area contributed by atoms with E-state index in [-0.39, 0.29) is 6.09 Å². The zero-order chi connectivity index (χ0) is 14.8. The zero-order valence-corrected chi connectivity index (χ0v) is 13.7. The van der Waals surface area contributed by atoms with Crippen LogP contribution in [0.3, 0.4) is 0 Å². The van der Waals surface area contributed by atoms with E-state index in [1.807, 2.05) is 25.7 Å². The highest BCUT2D eigenvalue weighted by Crippen LogP contribution is 2.15. The molecule has 0 saturated carbocycles. The monoisotopic (exact) mass is 283 g/mol. The Morgan fingerprint density at radius 1 is 0.750 bits per heavy atom. The van der Waals surface area contributed by atoms with Crippen molar-refractivity contribution in [2.45, 2.75) is 90.6 Å². The molecule has 0 unspecified atom stereocenters. The van der Waals surface area contributed by atoms with Crippen LogP contribution in [0.25, 0.3) is 0 Å². The molecule has 0 spiro atoms. The van der Waals surface area contributed by atoms with Crippen molar-refractivity contribution in [3.63, 3.8) is 0 Å². The van der Waals surface area contributed by atoms with E-state index >= 15 is 0 Å². The van der Waals surface area contributed by atoms with Gasteiger partial charge in [0.25, 0.3) is 0 Å². The molecule has 1 aliphatic rings. The van der Waals surface area contributed by atoms with Gasteiger partial charge in [0.2, 0.25) is 0 Å². The molecule has 0 N–H and O–H groups in total. The van der Waals surface area contributed by atoms with Gasteiger partial charge in [-0.25, -0.2) is 4.79 Å². The third-order valence-electron chi connectivity index (χ3n) is 3.76. The molecule has 118 valence electrons. The number of carbonyl (C=O) groups excluding carboxylic acids is 1. The second-order valence-electron chi connectivity index (χ2n) is 7.00. The standard InChI is InChI=1S/C17H33NO2/c1-17(2,3)20-16(19)18-14-12-10-8-6-4-5-7-9-11-13-15-18/h4-15H2,1-3H3. The van der Waals surface area contributed by atoms with Crippen LogP contribution < -0.4 is 0 Å². The molecular formula is C17H33NO2. The van der Waals surface area contributed by atoms with Gasteiger partial charge in [-0.3, -0.25) is 0 Å². The number of hydrogen-bond acceptors (Lipinski definition) is 2. The van der Waals surface area contributed by atoms with Gasteiger partial charge in [-0.05, 0) is 33.6 Å². The fourth-order valence-electron chi connectivity index (χ4n) is 2.64. The van der Waals surface area contributed by atoms with Gasteiger partial charge in [0.05, 0.1) is 0 Å². The van der Waals surface area contributed by atoms with Crippen LogP contribution in [-0.4, -0.2) is 29.7 Å². The molecule has 0 atom stereocenters. The van der Waals surface area contributed by atoms with Crippen LogP contribution >= 0.6 is 0 Å². The van der Waals surface area contributed by atoms with Gasteiger partial charge in [0.1, 0.15) is 5.60 Å². The molecule has 1 heterocycles. The van der Waals surface area contributed by atoms with E-state index < -0.39 is 5.60 Å². The summed E-state index contributed by atoms with van der Waals surface area (Å²) < 4.78 is 5.51. The van der Waals surface area contributed by atoms with Gasteiger partial charge in [-0.2, -0.15) is 0 Å². The molecule has 3 nitrogen and oxygen atoms in total. The minimum absolute atomic E-state index is 0.132. The van der Waals surface area contributed by atoms with Gasteiger partial charge in [-0.1, -0.05) is 51.4 Å². The molecule has 0 aromatic rings. The Hall–Kier alpha value is -0.730. The highest BCUT2D eigenvalue weighted by atomic mass is 16.6. The first-order chi connectivity index (χ1) is 9.49. The summed E-state index contributed by atoms with van der Waals surface area (Å²) in [6.07, 6.45) is 12.7. The number of rotatable bonds is 0. The third kappa shape index (κ3) is 8.44. The Kier molecular flexibility index (Phi) is 8.01. The van der Waals surface area contributed by atoms with Crippen LogP contribution in [0.2, 0.25) is 0 Å². The SMILES string of the molecule is CC(C)(C)OC(=O)N1CCCCCCCCCCCC1. The van der Waals surface area contributed by atoms with Crippen LogP contribution in [-0.2, 0) is 4.74 Å². The Labute approximate surface area is 125 Å². The average Bonchev–Trinajstić information content (AvgIpc) is 2.37. The maximum atomic E-state index is 12.2. The second kappa shape index (κ2) is 9.25. The van der Waals surface area contributed by atoms with E-state index in [0.29, 0.717) is 0 Å². The maximum Gasteiger partial charge on any atom is 0.410 e. The Morgan fingerprint density at radius 3 is 1.45 bits per heavy atom. The molecule has 0 aliphatic carbocycles. The summed E-state index contributed by atoms with van der Waals surface area (Å²) in [6.45, 7) is 7.52. The molecule has 3 heteroatoms. The maximum absolute atomic E-state index is 12.2. The smallest absolute Gasteiger partial charge is 0.410 e. The van der Waals surface area contributed by atoms with Gasteiger partial charge in [0.15, 0.2) is 0 Å². The van der Waals surface area contributed by atoms with E-state index in [1.54, 1.807) is 0 Å². The largest absolute Gasteiger partial charge is 0.444 e. The van der Waals surface area contributed by atoms with Crippen molar-refractivity contribution >= 4 is 6.09 Å². The van der Waals surface area contributed by atoms with Crippen molar-refractivity contribution in [3.05, 3.63) is 0 Å². The van der Waals surface area contributed by atoms with E-state index in [1.165, 1.54) is 51.4 Å². The highest BCUT2D eigenvalue weighted by Gasteiger charge is 2.21. The molecule has 1 rings (SSSR count). The van der Waals surface area contributed by atoms with Crippen molar-refractivity contribution in [2.75, 3.05) is 13.1 Å². The van der Waals surface area contributed by atoms with E-state index in [4.69, 9.17) is 4.74 Å². The summed E-state index contributed by atoms with van der Waals surface area (Å²) in [4.78, 5) is 14.1. The lowest BCUT2D eigenvalue weighted by Crippen LogP contribution is -2.38. The van der Waals surface area contributed by atoms with Gasteiger partial charge < -0.3 is 9.64 Å². The Morgan fingerprint density at radius 2 is 1.10 bits per heavy atom. The van der Waals surface area contributed by atoms with Crippen LogP contribution in [0.5, 0.6) is 0 Å². The molecule has 0 aromatic carbocycles. The molecular weight excluding hydrogens is 250 g/mol. The third-order valence-corrected chi connectivity index (χ3v) is 3.76. The van der Waals surface area contributed by atoms with Crippen LogP contribution in [0.15, 0.2) is 0 Å². The molecule has 1 fully saturated rings. The number of nitrogens with zero attached hydrogens (tertiary/aromatic N) is 1. The lowest BCUT2D eigenvalue weighted by Gasteiger charge is -2.27. The Balaban J connectivity index is 2.44. The molecule has 1 aliphatic heterocycles. The fraction of sp³-hybridized carbons (Fsp3) is 0.941. The molecule has 0 aromatic heterocycles. The molecule has 0 radical (unpaired) electrons. The van der Waals surface area contributed by atoms with Crippen LogP contribution in [0, 0.1) is 0 Å². The minimum atomic E-state index is -0.391. The lowest BCUT2D eigenvalue weighted by atomic mass is 10.1. The van der Waals surface area contributed by atoms with Gasteiger partial charge in [0, 0.05) is 13.1 Å². The molecule has 1 amide bonds. The molecule has 0 bridgehead atoms. The van der Waals surface area contributed by atoms with Crippen molar-refractivity contribution in [3.8, 4) is 0 Å². The van der Waals surface area contributed by atoms with E-state index in [2.05, 4.69) is 0 Å². The molecule has 20 heavy (non-hydrogen) atoms. The van der Waals surface area contributed by atoms with Crippen LogP contribution in [0.1, 0.15) is 85.0 Å². The van der Waals surface area contributed by atoms with Crippen molar-refractivity contribution in [1.29, 1.82) is 0 Å². The first-order valence-corrected chi connectivity index (χ1v) is 8.47. The average molecular weight is 283 g/mol. The minimum Gasteiger partial charge on any atom is -0.444 e. The highest BCUT2D eigenvalue weighted by molar-refractivity contribution is 5.68. The lowest BCUT2D eigenvalue weighted by molar-refractivity contribution is 0.0243. The Bertz CT molecular complexity index is 257. The second-order valence-corrected chi connectivity index (χ2v) is 7.00. The summed E-state index contributed by atoms with van der Waals surface area (Å²) in [5.74, 6) is 0. The topological polar surface area (TPSA) is 29.5 Å². The van der Waals surface area contributed by atoms with Crippen molar-refractivity contribution in [2.24, 2.45) is 0 Å². The van der Waals surface area contributed by atoms with Crippen molar-refractivity contribution < 1.29 is 9.53 Å². The number of carbonyl (C=O) groups is 1. The number of ether oxygens (including phenoxy) is 1. The summed E-state index contributed by atoms with van der Waals surface area (Å²) in [6, 6.07) is 0. The normalized spacial score (nSPS) is 20.4. The molecule has 1 saturated heterocycles. The summed E-state index contributed by atoms with van der Waals surface area (Å²) in [5, 5.41) is 0. The number of amides is 1. The first-order valence-electron chi connectivity index (χ1n) is 8.47. The fourth-order valence-corrected chi connectivity index (χ4v) is 2.64. The van der Waals surface area contributed by atoms with E-state index in [9.17, 15) is 4.79 Å².